The van der Waals surface area contributed by atoms with Crippen molar-refractivity contribution in [1.82, 2.24) is 10.2 Å². The summed E-state index contributed by atoms with van der Waals surface area (Å²) < 4.78 is 0. The van der Waals surface area contributed by atoms with Crippen LogP contribution in [-0.4, -0.2) is 37.6 Å². The summed E-state index contributed by atoms with van der Waals surface area (Å²) in [6, 6.07) is 1.40. The van der Waals surface area contributed by atoms with Gasteiger partial charge in [-0.25, -0.2) is 0 Å². The van der Waals surface area contributed by atoms with Crippen molar-refractivity contribution in [3.63, 3.8) is 0 Å². The number of nitrogens with zero attached hydrogens (tertiary/aromatic N) is 1. The molecule has 1 aliphatic rings. The van der Waals surface area contributed by atoms with Crippen LogP contribution in [0, 0.1) is 17.3 Å². The van der Waals surface area contributed by atoms with Gasteiger partial charge in [-0.05, 0) is 57.0 Å². The molecule has 2 nitrogen and oxygen atoms in total. The zero-order valence-corrected chi connectivity index (χ0v) is 14.3. The number of hydrogen-bond acceptors (Lipinski definition) is 2. The third-order valence-electron chi connectivity index (χ3n) is 5.00. The van der Waals surface area contributed by atoms with E-state index in [2.05, 4.69) is 58.9 Å². The lowest BCUT2D eigenvalue weighted by Gasteiger charge is -2.38. The molecule has 0 aromatic carbocycles. The van der Waals surface area contributed by atoms with Crippen LogP contribution in [-0.2, 0) is 0 Å². The predicted molar refractivity (Wildman–Crippen MR) is 85.5 cm³/mol. The molecule has 0 spiro atoms. The van der Waals surface area contributed by atoms with Crippen LogP contribution in [0.15, 0.2) is 0 Å². The lowest BCUT2D eigenvalue weighted by Crippen LogP contribution is -2.46. The van der Waals surface area contributed by atoms with Crippen LogP contribution in [0.25, 0.3) is 0 Å². The minimum absolute atomic E-state index is 0.495. The Hall–Kier alpha value is -0.0800. The smallest absolute Gasteiger partial charge is 0.0237 e. The molecule has 114 valence electrons. The number of nitrogens with one attached hydrogen (secondary N) is 1. The van der Waals surface area contributed by atoms with Gasteiger partial charge in [-0.3, -0.25) is 0 Å². The first-order valence-electron chi connectivity index (χ1n) is 8.11. The second-order valence-electron chi connectivity index (χ2n) is 8.10. The Kier molecular flexibility index (Phi) is 6.32. The highest BCUT2D eigenvalue weighted by molar-refractivity contribution is 4.84. The maximum Gasteiger partial charge on any atom is 0.0237 e. The lowest BCUT2D eigenvalue weighted by molar-refractivity contribution is 0.151. The zero-order chi connectivity index (χ0) is 14.6. The fourth-order valence-corrected chi connectivity index (χ4v) is 3.47. The van der Waals surface area contributed by atoms with Crippen LogP contribution < -0.4 is 5.32 Å². The van der Waals surface area contributed by atoms with E-state index < -0.39 is 0 Å². The molecule has 0 heterocycles. The van der Waals surface area contributed by atoms with E-state index in [1.807, 2.05) is 0 Å². The topological polar surface area (TPSA) is 15.3 Å². The summed E-state index contributed by atoms with van der Waals surface area (Å²) in [5, 5.41) is 3.81. The van der Waals surface area contributed by atoms with Gasteiger partial charge < -0.3 is 10.2 Å². The molecule has 1 saturated carbocycles. The van der Waals surface area contributed by atoms with Crippen LogP contribution in [0.4, 0.5) is 0 Å². The third kappa shape index (κ3) is 5.43. The van der Waals surface area contributed by atoms with Crippen LogP contribution in [0.3, 0.4) is 0 Å². The van der Waals surface area contributed by atoms with Crippen molar-refractivity contribution < 1.29 is 0 Å². The van der Waals surface area contributed by atoms with Crippen molar-refractivity contribution in [2.45, 2.75) is 72.4 Å². The van der Waals surface area contributed by atoms with E-state index in [4.69, 9.17) is 0 Å². The number of rotatable bonds is 5. The molecule has 1 rings (SSSR count). The Bertz CT molecular complexity index is 236. The molecule has 0 radical (unpaired) electrons. The Morgan fingerprint density at radius 1 is 1.05 bits per heavy atom. The van der Waals surface area contributed by atoms with E-state index in [0.29, 0.717) is 17.4 Å². The van der Waals surface area contributed by atoms with Crippen LogP contribution in [0.1, 0.15) is 60.3 Å². The highest BCUT2D eigenvalue weighted by atomic mass is 15.1. The summed E-state index contributed by atoms with van der Waals surface area (Å²) >= 11 is 0. The second kappa shape index (κ2) is 7.08. The first kappa shape index (κ1) is 17.0. The van der Waals surface area contributed by atoms with Crippen LogP contribution in [0.5, 0.6) is 0 Å². The normalized spacial score (nSPS) is 27.0. The zero-order valence-electron chi connectivity index (χ0n) is 14.3. The molecule has 0 amide bonds. The largest absolute Gasteiger partial charge is 0.312 e. The first-order chi connectivity index (χ1) is 8.71. The Labute approximate surface area is 121 Å². The summed E-state index contributed by atoms with van der Waals surface area (Å²) in [6.07, 6.45) is 5.52. The Morgan fingerprint density at radius 2 is 1.58 bits per heavy atom. The van der Waals surface area contributed by atoms with Crippen LogP contribution >= 0.6 is 0 Å². The van der Waals surface area contributed by atoms with Gasteiger partial charge >= 0.3 is 0 Å². The van der Waals surface area contributed by atoms with Crippen LogP contribution in [0.2, 0.25) is 0 Å². The maximum absolute atomic E-state index is 3.81. The fourth-order valence-electron chi connectivity index (χ4n) is 3.47. The van der Waals surface area contributed by atoms with Crippen molar-refractivity contribution in [2.24, 2.45) is 17.3 Å². The molecular formula is C17H36N2. The van der Waals surface area contributed by atoms with Gasteiger partial charge in [-0.2, -0.15) is 0 Å². The summed E-state index contributed by atoms with van der Waals surface area (Å²) in [6.45, 7) is 13.0. The van der Waals surface area contributed by atoms with Gasteiger partial charge in [0.05, 0.1) is 0 Å². The van der Waals surface area contributed by atoms with Gasteiger partial charge in [-0.1, -0.05) is 34.6 Å². The Balaban J connectivity index is 2.33. The molecule has 0 bridgehead atoms. The van der Waals surface area contributed by atoms with Crippen molar-refractivity contribution >= 4 is 0 Å². The van der Waals surface area contributed by atoms with Crippen molar-refractivity contribution in [3.8, 4) is 0 Å². The van der Waals surface area contributed by atoms with Gasteiger partial charge in [0, 0.05) is 18.6 Å². The number of likely N-dealkylation sites (N-methyl/N-ethyl adjacent to an activating group) is 1. The van der Waals surface area contributed by atoms with E-state index in [1.165, 1.54) is 25.7 Å². The SMILES string of the molecule is CC(C)C(CNC1CCC(C(C)(C)C)CC1)N(C)C. The van der Waals surface area contributed by atoms with Gasteiger partial charge in [0.2, 0.25) is 0 Å². The summed E-state index contributed by atoms with van der Waals surface area (Å²) in [7, 11) is 4.39. The van der Waals surface area contributed by atoms with E-state index in [9.17, 15) is 0 Å². The molecule has 1 N–H and O–H groups in total. The molecule has 0 aliphatic heterocycles. The molecule has 0 saturated heterocycles. The average Bonchev–Trinajstić information content (AvgIpc) is 2.27. The minimum atomic E-state index is 0.495. The standard InChI is InChI=1S/C17H36N2/c1-13(2)16(19(6)7)12-18-15-10-8-14(9-11-15)17(3,4)5/h13-16,18H,8-12H2,1-7H3. The van der Waals surface area contributed by atoms with E-state index in [1.54, 1.807) is 0 Å². The molecule has 1 unspecified atom stereocenters. The summed E-state index contributed by atoms with van der Waals surface area (Å²) in [5.74, 6) is 1.63. The quantitative estimate of drug-likeness (QED) is 0.816. The van der Waals surface area contributed by atoms with E-state index >= 15 is 0 Å². The molecule has 0 aromatic heterocycles. The maximum atomic E-state index is 3.81. The average molecular weight is 268 g/mol. The highest BCUT2D eigenvalue weighted by Crippen LogP contribution is 2.37. The summed E-state index contributed by atoms with van der Waals surface area (Å²) in [4.78, 5) is 2.36. The third-order valence-corrected chi connectivity index (χ3v) is 5.00. The first-order valence-corrected chi connectivity index (χ1v) is 8.11. The highest BCUT2D eigenvalue weighted by Gasteiger charge is 2.29. The number of hydrogen-bond donors (Lipinski definition) is 1. The second-order valence-corrected chi connectivity index (χ2v) is 8.10. The summed E-state index contributed by atoms with van der Waals surface area (Å²) in [5.41, 5.74) is 0.495. The molecule has 19 heavy (non-hydrogen) atoms. The molecule has 0 aromatic rings. The van der Waals surface area contributed by atoms with Gasteiger partial charge in [-0.15, -0.1) is 0 Å². The van der Waals surface area contributed by atoms with E-state index in [0.717, 1.165) is 18.5 Å². The van der Waals surface area contributed by atoms with Crippen molar-refractivity contribution in [1.29, 1.82) is 0 Å². The lowest BCUT2D eigenvalue weighted by atomic mass is 9.71. The monoisotopic (exact) mass is 268 g/mol. The Morgan fingerprint density at radius 3 is 1.95 bits per heavy atom. The minimum Gasteiger partial charge on any atom is -0.312 e. The molecule has 1 atom stereocenters. The van der Waals surface area contributed by atoms with Gasteiger partial charge in [0.15, 0.2) is 0 Å². The van der Waals surface area contributed by atoms with Crippen molar-refractivity contribution in [3.05, 3.63) is 0 Å². The van der Waals surface area contributed by atoms with Gasteiger partial charge in [0.1, 0.15) is 0 Å². The fraction of sp³-hybridized carbons (Fsp3) is 1.00. The van der Waals surface area contributed by atoms with Gasteiger partial charge in [0.25, 0.3) is 0 Å². The molecule has 1 fully saturated rings. The predicted octanol–water partition coefficient (Wildman–Crippen LogP) is 3.77. The van der Waals surface area contributed by atoms with Crippen molar-refractivity contribution in [2.75, 3.05) is 20.6 Å². The molecular weight excluding hydrogens is 232 g/mol. The molecule has 2 heteroatoms. The molecule has 1 aliphatic carbocycles. The van der Waals surface area contributed by atoms with E-state index in [-0.39, 0.29) is 0 Å².